The van der Waals surface area contributed by atoms with Gasteiger partial charge in [0.25, 0.3) is 0 Å². The van der Waals surface area contributed by atoms with Crippen LogP contribution >= 0.6 is 11.6 Å². The molecule has 0 bridgehead atoms. The summed E-state index contributed by atoms with van der Waals surface area (Å²) in [4.78, 5) is 12.3. The van der Waals surface area contributed by atoms with Crippen LogP contribution in [0.4, 0.5) is 4.79 Å². The quantitative estimate of drug-likeness (QED) is 0.922. The van der Waals surface area contributed by atoms with Crippen molar-refractivity contribution >= 4 is 17.7 Å². The summed E-state index contributed by atoms with van der Waals surface area (Å²) in [6, 6.07) is 1.96. The lowest BCUT2D eigenvalue weighted by Crippen LogP contribution is -2.48. The molecule has 1 amide bonds. The molecular formula is C15H20ClNO3. The van der Waals surface area contributed by atoms with Gasteiger partial charge in [0.2, 0.25) is 0 Å². The van der Waals surface area contributed by atoms with E-state index in [4.69, 9.17) is 21.4 Å². The van der Waals surface area contributed by atoms with E-state index in [2.05, 4.69) is 6.92 Å². The van der Waals surface area contributed by atoms with Crippen molar-refractivity contribution in [2.45, 2.75) is 33.1 Å². The van der Waals surface area contributed by atoms with Gasteiger partial charge in [-0.2, -0.15) is 0 Å². The van der Waals surface area contributed by atoms with Gasteiger partial charge in [-0.3, -0.25) is 0 Å². The van der Waals surface area contributed by atoms with Crippen LogP contribution < -0.4 is 4.74 Å². The molecule has 20 heavy (non-hydrogen) atoms. The number of carboxylic acid groups (broad SMARTS) is 1. The third kappa shape index (κ3) is 2.57. The minimum Gasteiger partial charge on any atom is -0.493 e. The molecule has 0 unspecified atom stereocenters. The highest BCUT2D eigenvalue weighted by Gasteiger charge is 2.35. The second-order valence-corrected chi connectivity index (χ2v) is 5.46. The summed E-state index contributed by atoms with van der Waals surface area (Å²) in [7, 11) is 0. The smallest absolute Gasteiger partial charge is 0.407 e. The van der Waals surface area contributed by atoms with Crippen LogP contribution in [-0.4, -0.2) is 35.8 Å². The Morgan fingerprint density at radius 1 is 1.50 bits per heavy atom. The van der Waals surface area contributed by atoms with Crippen LogP contribution in [0, 0.1) is 6.92 Å². The normalized spacial score (nSPS) is 15.1. The maximum Gasteiger partial charge on any atom is 0.407 e. The molecule has 110 valence electrons. The van der Waals surface area contributed by atoms with Crippen LogP contribution in [0.5, 0.6) is 5.75 Å². The summed E-state index contributed by atoms with van der Waals surface area (Å²) in [5, 5.41) is 9.69. The van der Waals surface area contributed by atoms with Crippen LogP contribution in [0.3, 0.4) is 0 Å². The predicted molar refractivity (Wildman–Crippen MR) is 79.1 cm³/mol. The molecule has 4 nitrogen and oxygen atoms in total. The largest absolute Gasteiger partial charge is 0.493 e. The number of amides is 1. The number of carbonyl (C=O) groups is 1. The Kier molecular flexibility index (Phi) is 4.43. The number of hydrogen-bond donors (Lipinski definition) is 1. The number of ether oxygens (including phenoxy) is 1. The van der Waals surface area contributed by atoms with Gasteiger partial charge in [0, 0.05) is 29.6 Å². The van der Waals surface area contributed by atoms with Crippen LogP contribution in [0.15, 0.2) is 6.07 Å². The highest BCUT2D eigenvalue weighted by molar-refractivity contribution is 6.31. The van der Waals surface area contributed by atoms with Crippen molar-refractivity contribution in [1.29, 1.82) is 0 Å². The van der Waals surface area contributed by atoms with E-state index < -0.39 is 6.09 Å². The standard InChI is InChI=1S/C15H20ClNO3/c1-4-10-6-12(16)9(3)13(14(10)20-5-2)11-7-17(8-11)15(18)19/h6,11H,4-5,7-8H2,1-3H3,(H,18,19). The molecule has 1 heterocycles. The van der Waals surface area contributed by atoms with E-state index >= 15 is 0 Å². The summed E-state index contributed by atoms with van der Waals surface area (Å²) in [6.07, 6.45) is -0.0212. The van der Waals surface area contributed by atoms with Gasteiger partial charge in [-0.1, -0.05) is 18.5 Å². The first-order chi connectivity index (χ1) is 9.49. The van der Waals surface area contributed by atoms with Gasteiger partial charge in [-0.25, -0.2) is 4.79 Å². The van der Waals surface area contributed by atoms with Gasteiger partial charge in [0.15, 0.2) is 0 Å². The van der Waals surface area contributed by atoms with Crippen molar-refractivity contribution in [2.75, 3.05) is 19.7 Å². The Balaban J connectivity index is 2.40. The Morgan fingerprint density at radius 2 is 2.15 bits per heavy atom. The fourth-order valence-corrected chi connectivity index (χ4v) is 2.92. The van der Waals surface area contributed by atoms with E-state index in [1.165, 1.54) is 4.90 Å². The van der Waals surface area contributed by atoms with E-state index in [1.807, 2.05) is 19.9 Å². The lowest BCUT2D eigenvalue weighted by Gasteiger charge is -2.39. The summed E-state index contributed by atoms with van der Waals surface area (Å²) >= 11 is 6.31. The van der Waals surface area contributed by atoms with Crippen molar-refractivity contribution in [3.8, 4) is 5.75 Å². The number of hydrogen-bond acceptors (Lipinski definition) is 2. The minimum absolute atomic E-state index is 0.177. The second kappa shape index (κ2) is 5.92. The molecule has 1 aromatic rings. The SMILES string of the molecule is CCOc1c(CC)cc(Cl)c(C)c1C1CN(C(=O)O)C1. The molecule has 1 N–H and O–H groups in total. The molecule has 0 aromatic heterocycles. The molecule has 1 saturated heterocycles. The van der Waals surface area contributed by atoms with Gasteiger partial charge in [0.05, 0.1) is 6.61 Å². The molecule has 2 rings (SSSR count). The molecule has 0 radical (unpaired) electrons. The fourth-order valence-electron chi connectivity index (χ4n) is 2.69. The molecule has 1 aromatic carbocycles. The molecule has 0 saturated carbocycles. The lowest BCUT2D eigenvalue weighted by atomic mass is 9.86. The van der Waals surface area contributed by atoms with Crippen molar-refractivity contribution in [3.05, 3.63) is 27.8 Å². The van der Waals surface area contributed by atoms with E-state index in [-0.39, 0.29) is 5.92 Å². The van der Waals surface area contributed by atoms with Crippen molar-refractivity contribution in [2.24, 2.45) is 0 Å². The Morgan fingerprint density at radius 3 is 2.65 bits per heavy atom. The number of nitrogens with zero attached hydrogens (tertiary/aromatic N) is 1. The number of aryl methyl sites for hydroxylation is 1. The molecule has 0 atom stereocenters. The van der Waals surface area contributed by atoms with E-state index in [1.54, 1.807) is 0 Å². The highest BCUT2D eigenvalue weighted by atomic mass is 35.5. The number of rotatable bonds is 4. The maximum atomic E-state index is 10.9. The maximum absolute atomic E-state index is 10.9. The van der Waals surface area contributed by atoms with Crippen molar-refractivity contribution in [1.82, 2.24) is 4.90 Å². The summed E-state index contributed by atoms with van der Waals surface area (Å²) in [6.45, 7) is 7.62. The van der Waals surface area contributed by atoms with Gasteiger partial charge < -0.3 is 14.7 Å². The van der Waals surface area contributed by atoms with Crippen LogP contribution in [-0.2, 0) is 6.42 Å². The first-order valence-electron chi connectivity index (χ1n) is 6.92. The highest BCUT2D eigenvalue weighted by Crippen LogP contribution is 2.41. The van der Waals surface area contributed by atoms with E-state index in [0.29, 0.717) is 19.7 Å². The molecule has 0 aliphatic carbocycles. The number of benzene rings is 1. The van der Waals surface area contributed by atoms with Gasteiger partial charge >= 0.3 is 6.09 Å². The zero-order valence-corrected chi connectivity index (χ0v) is 12.8. The van der Waals surface area contributed by atoms with E-state index in [0.717, 1.165) is 33.9 Å². The average molecular weight is 298 g/mol. The lowest BCUT2D eigenvalue weighted by molar-refractivity contribution is 0.104. The minimum atomic E-state index is -0.866. The van der Waals surface area contributed by atoms with Crippen molar-refractivity contribution in [3.63, 3.8) is 0 Å². The Hall–Kier alpha value is -1.42. The summed E-state index contributed by atoms with van der Waals surface area (Å²) in [5.74, 6) is 1.07. The molecule has 1 aliphatic heterocycles. The predicted octanol–water partition coefficient (Wildman–Crippen LogP) is 3.69. The van der Waals surface area contributed by atoms with Crippen molar-refractivity contribution < 1.29 is 14.6 Å². The topological polar surface area (TPSA) is 49.8 Å². The molecule has 0 spiro atoms. The fraction of sp³-hybridized carbons (Fsp3) is 0.533. The van der Waals surface area contributed by atoms with Gasteiger partial charge in [-0.15, -0.1) is 0 Å². The van der Waals surface area contributed by atoms with Crippen LogP contribution in [0.1, 0.15) is 36.5 Å². The second-order valence-electron chi connectivity index (χ2n) is 5.06. The third-order valence-corrected chi connectivity index (χ3v) is 4.22. The van der Waals surface area contributed by atoms with Crippen LogP contribution in [0.2, 0.25) is 5.02 Å². The molecule has 1 aliphatic rings. The number of halogens is 1. The Bertz CT molecular complexity index is 524. The first-order valence-corrected chi connectivity index (χ1v) is 7.29. The first kappa shape index (κ1) is 15.0. The zero-order valence-electron chi connectivity index (χ0n) is 12.1. The van der Waals surface area contributed by atoms with Gasteiger partial charge in [-0.05, 0) is 37.5 Å². The Labute approximate surface area is 124 Å². The van der Waals surface area contributed by atoms with Crippen LogP contribution in [0.25, 0.3) is 0 Å². The van der Waals surface area contributed by atoms with Gasteiger partial charge in [0.1, 0.15) is 5.75 Å². The summed E-state index contributed by atoms with van der Waals surface area (Å²) < 4.78 is 5.82. The van der Waals surface area contributed by atoms with E-state index in [9.17, 15) is 4.79 Å². The molecule has 1 fully saturated rings. The monoisotopic (exact) mass is 297 g/mol. The molecule has 5 heteroatoms. The third-order valence-electron chi connectivity index (χ3n) is 3.83. The number of likely N-dealkylation sites (tertiary alicyclic amines) is 1. The molecular weight excluding hydrogens is 278 g/mol. The summed E-state index contributed by atoms with van der Waals surface area (Å²) in [5.41, 5.74) is 3.17. The zero-order chi connectivity index (χ0) is 14.9. The average Bonchev–Trinajstić information content (AvgIpc) is 2.34.